The smallest absolute Gasteiger partial charge is 0.177 e. The van der Waals surface area contributed by atoms with Gasteiger partial charge in [0.25, 0.3) is 0 Å². The van der Waals surface area contributed by atoms with Gasteiger partial charge in [-0.1, -0.05) is 0 Å². The summed E-state index contributed by atoms with van der Waals surface area (Å²) in [4.78, 5) is 21.9. The summed E-state index contributed by atoms with van der Waals surface area (Å²) in [6.07, 6.45) is 5.06. The molecule has 6 heteroatoms. The van der Waals surface area contributed by atoms with Crippen molar-refractivity contribution in [1.29, 1.82) is 0 Å². The topological polar surface area (TPSA) is 55.8 Å². The van der Waals surface area contributed by atoms with Crippen molar-refractivity contribution in [2.45, 2.75) is 34.1 Å². The molecule has 0 aliphatic carbocycles. The molecule has 0 aliphatic heterocycles. The first-order chi connectivity index (χ1) is 9.40. The van der Waals surface area contributed by atoms with Gasteiger partial charge in [-0.25, -0.2) is 4.68 Å². The van der Waals surface area contributed by atoms with Gasteiger partial charge in [-0.2, -0.15) is 6.07 Å². The molecule has 0 fully saturated rings. The molecule has 0 aromatic carbocycles. The zero-order valence-corrected chi connectivity index (χ0v) is 15.0. The molecular formula is C15H19IrN3O2. The summed E-state index contributed by atoms with van der Waals surface area (Å²) in [7, 11) is 0. The van der Waals surface area contributed by atoms with Crippen LogP contribution in [0.2, 0.25) is 0 Å². The molecule has 0 amide bonds. The van der Waals surface area contributed by atoms with Crippen LogP contribution in [0, 0.1) is 20.0 Å². The van der Waals surface area contributed by atoms with Crippen LogP contribution in [0.25, 0.3) is 0 Å². The van der Waals surface area contributed by atoms with Crippen LogP contribution in [0.3, 0.4) is 0 Å². The van der Waals surface area contributed by atoms with Gasteiger partial charge >= 0.3 is 0 Å². The molecule has 5 nitrogen and oxygen atoms in total. The number of aromatic nitrogens is 3. The summed E-state index contributed by atoms with van der Waals surface area (Å²) in [6, 6.07) is 7.78. The number of nitrogens with zero attached hydrogens (tertiary/aromatic N) is 3. The van der Waals surface area contributed by atoms with Gasteiger partial charge in [0.15, 0.2) is 5.69 Å². The Labute approximate surface area is 138 Å². The molecule has 0 spiro atoms. The summed E-state index contributed by atoms with van der Waals surface area (Å²) in [6.45, 7) is 6.81. The summed E-state index contributed by atoms with van der Waals surface area (Å²) < 4.78 is 1.82. The first-order valence-electron chi connectivity index (χ1n) is 6.31. The van der Waals surface area contributed by atoms with Crippen molar-refractivity contribution >= 4 is 11.6 Å². The number of Topliss-reactive ketones (excluding diaryl/α,β-unsaturated/α-hetero) is 2. The summed E-state index contributed by atoms with van der Waals surface area (Å²) in [5, 5.41) is 4.33. The molecule has 0 saturated carbocycles. The normalized spacial score (nSPS) is 9.14. The number of carbonyl (C=O) groups excluding carboxylic acids is 2. The van der Waals surface area contributed by atoms with Crippen molar-refractivity contribution < 1.29 is 34.4 Å². The van der Waals surface area contributed by atoms with E-state index in [1.54, 1.807) is 0 Å². The van der Waals surface area contributed by atoms with Gasteiger partial charge < -0.3 is 0 Å². The maximum Gasteiger partial charge on any atom is 0.177 e. The number of rotatable bonds is 3. The van der Waals surface area contributed by atoms with E-state index in [2.05, 4.69) is 11.3 Å². The largest absolute Gasteiger partial charge is 0.300 e. The van der Waals surface area contributed by atoms with Gasteiger partial charge in [0.2, 0.25) is 0 Å². The zero-order chi connectivity index (χ0) is 15.1. The van der Waals surface area contributed by atoms with Crippen LogP contribution in [0.5, 0.6) is 0 Å². The average Bonchev–Trinajstić information content (AvgIpc) is 2.68. The predicted octanol–water partition coefficient (Wildman–Crippen LogP) is 1.45. The van der Waals surface area contributed by atoms with Crippen molar-refractivity contribution in [3.05, 3.63) is 48.0 Å². The van der Waals surface area contributed by atoms with Gasteiger partial charge in [-0.15, -0.1) is 12.1 Å². The number of aryl methyl sites for hydroxylation is 2. The minimum atomic E-state index is -0.0625. The molecule has 2 aromatic rings. The van der Waals surface area contributed by atoms with Crippen LogP contribution >= 0.6 is 0 Å². The van der Waals surface area contributed by atoms with Gasteiger partial charge in [-0.05, 0) is 25.6 Å². The fourth-order valence-electron chi connectivity index (χ4n) is 1.65. The molecule has 2 heterocycles. The Morgan fingerprint density at radius 1 is 1.24 bits per heavy atom. The standard InChI is InChI=1S/C10H11N3.C5H8O2.Ir/c1-9-8-10(2)13(11-9)12-6-4-3-5-7-12;1-4(6)3-5(2)7;/h3-6,8H,1-2H3;3H2,1-2H3;. The van der Waals surface area contributed by atoms with Crippen LogP contribution < -0.4 is 4.68 Å². The monoisotopic (exact) mass is 466 g/mol. The number of ketones is 2. The van der Waals surface area contributed by atoms with Crippen LogP contribution in [-0.4, -0.2) is 21.5 Å². The maximum atomic E-state index is 10.0. The van der Waals surface area contributed by atoms with E-state index in [4.69, 9.17) is 0 Å². The Morgan fingerprint density at radius 2 is 1.86 bits per heavy atom. The molecule has 21 heavy (non-hydrogen) atoms. The summed E-state index contributed by atoms with van der Waals surface area (Å²) >= 11 is 0. The quantitative estimate of drug-likeness (QED) is 0.392. The molecule has 0 unspecified atom stereocenters. The second-order valence-corrected chi connectivity index (χ2v) is 4.57. The van der Waals surface area contributed by atoms with Crippen molar-refractivity contribution in [2.75, 3.05) is 0 Å². The Bertz CT molecular complexity index is 582. The molecule has 0 bridgehead atoms. The second-order valence-electron chi connectivity index (χ2n) is 4.57. The Balaban J connectivity index is 0.000000436. The van der Waals surface area contributed by atoms with Crippen LogP contribution in [-0.2, 0) is 29.7 Å². The van der Waals surface area contributed by atoms with E-state index < -0.39 is 0 Å². The third-order valence-corrected chi connectivity index (χ3v) is 2.33. The molecule has 115 valence electrons. The Morgan fingerprint density at radius 3 is 2.19 bits per heavy atom. The van der Waals surface area contributed by atoms with E-state index in [9.17, 15) is 9.59 Å². The molecule has 0 N–H and O–H groups in total. The van der Waals surface area contributed by atoms with Crippen LogP contribution in [0.15, 0.2) is 30.5 Å². The van der Waals surface area contributed by atoms with Gasteiger partial charge in [-0.3, -0.25) is 9.59 Å². The van der Waals surface area contributed by atoms with E-state index >= 15 is 0 Å². The first kappa shape index (κ1) is 19.3. The van der Waals surface area contributed by atoms with Crippen LogP contribution in [0.4, 0.5) is 0 Å². The zero-order valence-electron chi connectivity index (χ0n) is 12.6. The molecule has 0 aliphatic rings. The van der Waals surface area contributed by atoms with E-state index in [-0.39, 0.29) is 38.1 Å². The molecule has 0 saturated heterocycles. The molecule has 2 rings (SSSR count). The number of pyridine rings is 1. The second kappa shape index (κ2) is 9.32. The van der Waals surface area contributed by atoms with Gasteiger partial charge in [0.05, 0.1) is 6.42 Å². The van der Waals surface area contributed by atoms with Crippen molar-refractivity contribution in [3.63, 3.8) is 0 Å². The molecule has 2 aromatic heterocycles. The number of hydrogen-bond acceptors (Lipinski definition) is 3. The number of hydrogen-bond donors (Lipinski definition) is 0. The first-order valence-corrected chi connectivity index (χ1v) is 6.31. The number of carbonyl (C=O) groups is 2. The van der Waals surface area contributed by atoms with E-state index in [1.165, 1.54) is 13.8 Å². The molecule has 0 atom stereocenters. The third kappa shape index (κ3) is 7.06. The van der Waals surface area contributed by atoms with Crippen molar-refractivity contribution in [3.8, 4) is 0 Å². The Hall–Kier alpha value is -1.65. The van der Waals surface area contributed by atoms with E-state index in [1.807, 2.05) is 53.8 Å². The fraction of sp³-hybridized carbons (Fsp3) is 0.333. The maximum absolute atomic E-state index is 10.0. The molecular weight excluding hydrogens is 446 g/mol. The SMILES string of the molecule is CC(=O)CC(C)=O.Cc1cc(C)n(-[n+]2[c-]cccc2)n1.[Ir]. The third-order valence-electron chi connectivity index (χ3n) is 2.33. The average molecular weight is 466 g/mol. The molecule has 1 radical (unpaired) electrons. The Kier molecular flexibility index (Phi) is 8.58. The van der Waals surface area contributed by atoms with E-state index in [0.717, 1.165) is 11.4 Å². The van der Waals surface area contributed by atoms with Crippen molar-refractivity contribution in [1.82, 2.24) is 9.89 Å². The fourth-order valence-corrected chi connectivity index (χ4v) is 1.65. The van der Waals surface area contributed by atoms with Gasteiger partial charge in [0, 0.05) is 50.6 Å². The van der Waals surface area contributed by atoms with Crippen LogP contribution in [0.1, 0.15) is 31.7 Å². The minimum Gasteiger partial charge on any atom is -0.300 e. The summed E-state index contributed by atoms with van der Waals surface area (Å²) in [5.41, 5.74) is 2.12. The van der Waals surface area contributed by atoms with Crippen molar-refractivity contribution in [2.24, 2.45) is 0 Å². The minimum absolute atomic E-state index is 0. The predicted molar refractivity (Wildman–Crippen MR) is 73.9 cm³/mol. The summed E-state index contributed by atoms with van der Waals surface area (Å²) in [5.74, 6) is -0.125. The van der Waals surface area contributed by atoms with E-state index in [0.29, 0.717) is 0 Å². The van der Waals surface area contributed by atoms with Gasteiger partial charge in [0.1, 0.15) is 17.3 Å².